The first kappa shape index (κ1) is 24.9. The predicted octanol–water partition coefficient (Wildman–Crippen LogP) is 1.06. The van der Waals surface area contributed by atoms with E-state index >= 15 is 0 Å². The number of carboxylic acid groups (broad SMARTS) is 2. The molecule has 0 heterocycles. The van der Waals surface area contributed by atoms with Crippen molar-refractivity contribution in [2.75, 3.05) is 13.1 Å². The summed E-state index contributed by atoms with van der Waals surface area (Å²) in [5, 5.41) is 18.3. The van der Waals surface area contributed by atoms with Gasteiger partial charge in [0.05, 0.1) is 0 Å². The van der Waals surface area contributed by atoms with Gasteiger partial charge in [-0.25, -0.2) is 19.2 Å². The summed E-state index contributed by atoms with van der Waals surface area (Å²) >= 11 is 0. The fourth-order valence-corrected chi connectivity index (χ4v) is 1.01. The highest BCUT2D eigenvalue weighted by Crippen LogP contribution is 2.36. The van der Waals surface area contributed by atoms with Gasteiger partial charge in [-0.05, 0) is 0 Å². The second kappa shape index (κ2) is 8.30. The molecule has 0 aliphatic carbocycles. The van der Waals surface area contributed by atoms with E-state index in [9.17, 15) is 54.3 Å². The Bertz CT molecular complexity index is 587. The maximum absolute atomic E-state index is 12.8. The van der Waals surface area contributed by atoms with Crippen LogP contribution >= 0.6 is 0 Å². The van der Waals surface area contributed by atoms with E-state index in [0.29, 0.717) is 0 Å². The second-order valence-corrected chi connectivity index (χ2v) is 4.43. The summed E-state index contributed by atoms with van der Waals surface area (Å²) in [5.74, 6) is -18.2. The molecule has 0 aromatic carbocycles. The number of carbonyl (C=O) groups excluding carboxylic acids is 2. The summed E-state index contributed by atoms with van der Waals surface area (Å²) in [6.45, 7) is -2.02. The van der Waals surface area contributed by atoms with Gasteiger partial charge in [0, 0.05) is 13.1 Å². The van der Waals surface area contributed by atoms with Gasteiger partial charge < -0.3 is 30.3 Å². The van der Waals surface area contributed by atoms with E-state index in [-0.39, 0.29) is 0 Å². The van der Waals surface area contributed by atoms with E-state index in [4.69, 9.17) is 10.2 Å². The van der Waals surface area contributed by atoms with E-state index in [1.807, 2.05) is 0 Å². The number of nitrogens with one attached hydrogen (secondary N) is 2. The Hall–Kier alpha value is -3.08. The Kier molecular flexibility index (Phi) is 7.38. The van der Waals surface area contributed by atoms with Gasteiger partial charge in [0.25, 0.3) is 0 Å². The lowest BCUT2D eigenvalue weighted by atomic mass is 10.3. The number of alkyl carbamates (subject to hydrolysis) is 2. The lowest BCUT2D eigenvalue weighted by Crippen LogP contribution is -2.52. The van der Waals surface area contributed by atoms with Gasteiger partial charge >= 0.3 is 48.2 Å². The normalized spacial score (nSPS) is 12.7. The van der Waals surface area contributed by atoms with Gasteiger partial charge in [0.2, 0.25) is 0 Å². The van der Waals surface area contributed by atoms with Crippen molar-refractivity contribution >= 4 is 24.1 Å². The van der Waals surface area contributed by atoms with Crippen molar-refractivity contribution in [1.29, 1.82) is 0 Å². The Morgan fingerprint density at radius 2 is 0.893 bits per heavy atom. The van der Waals surface area contributed by atoms with Crippen LogP contribution in [0.1, 0.15) is 0 Å². The molecule has 0 unspecified atom stereocenters. The third-order valence-electron chi connectivity index (χ3n) is 2.37. The van der Waals surface area contributed by atoms with Crippen molar-refractivity contribution in [3.63, 3.8) is 0 Å². The number of carboxylic acids is 2. The number of ether oxygens (including phenoxy) is 2. The first-order valence-corrected chi connectivity index (χ1v) is 6.30. The number of rotatable bonds is 9. The molecular weight excluding hydrogens is 428 g/mol. The van der Waals surface area contributed by atoms with Gasteiger partial charge in [0.15, 0.2) is 0 Å². The molecule has 0 atom stereocenters. The van der Waals surface area contributed by atoms with Gasteiger partial charge in [-0.3, -0.25) is 0 Å². The van der Waals surface area contributed by atoms with E-state index in [2.05, 4.69) is 9.47 Å². The van der Waals surface area contributed by atoms with Crippen LogP contribution in [0.5, 0.6) is 0 Å². The van der Waals surface area contributed by atoms with Gasteiger partial charge in [-0.1, -0.05) is 0 Å². The number of halogens is 8. The molecule has 2 amide bonds. The average molecular weight is 436 g/mol. The third-order valence-corrected chi connectivity index (χ3v) is 2.37. The summed E-state index contributed by atoms with van der Waals surface area (Å²) in [7, 11) is 0. The van der Waals surface area contributed by atoms with Crippen LogP contribution in [0, 0.1) is 0 Å². The van der Waals surface area contributed by atoms with Crippen LogP contribution in [0.2, 0.25) is 0 Å². The smallest absolute Gasteiger partial charge is 0.477 e. The van der Waals surface area contributed by atoms with Crippen LogP contribution in [-0.2, 0) is 19.1 Å². The highest BCUT2D eigenvalue weighted by Gasteiger charge is 2.67. The highest BCUT2D eigenvalue weighted by molar-refractivity contribution is 5.78. The molecule has 10 nitrogen and oxygen atoms in total. The molecule has 0 bridgehead atoms. The average Bonchev–Trinajstić information content (AvgIpc) is 2.49. The zero-order chi connectivity index (χ0) is 22.6. The zero-order valence-corrected chi connectivity index (χ0v) is 12.8. The minimum Gasteiger partial charge on any atom is -0.477 e. The highest BCUT2D eigenvalue weighted by atomic mass is 19.3. The molecule has 18 heteroatoms. The van der Waals surface area contributed by atoms with Crippen molar-refractivity contribution in [1.82, 2.24) is 10.6 Å². The van der Waals surface area contributed by atoms with Gasteiger partial charge in [0.1, 0.15) is 0 Å². The SMILES string of the molecule is O=C(NCCNC(=O)OC(F)(F)C(F)(F)C(=O)O)OC(F)(F)C(F)(F)C(=O)O. The summed E-state index contributed by atoms with van der Waals surface area (Å²) in [4.78, 5) is 41.6. The fourth-order valence-electron chi connectivity index (χ4n) is 1.01. The quantitative estimate of drug-likeness (QED) is 0.310. The maximum Gasteiger partial charge on any atom is 0.479 e. The Balaban J connectivity index is 4.50. The molecule has 0 aromatic heterocycles. The number of carbonyl (C=O) groups is 4. The van der Waals surface area contributed by atoms with E-state index in [1.165, 1.54) is 10.6 Å². The van der Waals surface area contributed by atoms with Crippen LogP contribution < -0.4 is 10.6 Å². The first-order chi connectivity index (χ1) is 12.4. The molecule has 4 N–H and O–H groups in total. The zero-order valence-electron chi connectivity index (χ0n) is 12.8. The molecule has 0 aliphatic heterocycles. The minimum absolute atomic E-state index is 1.01. The lowest BCUT2D eigenvalue weighted by Gasteiger charge is -2.22. The summed E-state index contributed by atoms with van der Waals surface area (Å²) in [6, 6.07) is 0. The van der Waals surface area contributed by atoms with Crippen LogP contribution in [0.15, 0.2) is 0 Å². The van der Waals surface area contributed by atoms with Gasteiger partial charge in [-0.15, -0.1) is 0 Å². The Labute approximate surface area is 147 Å². The number of hydrogen-bond donors (Lipinski definition) is 4. The molecule has 0 saturated carbocycles. The van der Waals surface area contributed by atoms with Crippen LogP contribution in [0.3, 0.4) is 0 Å². The number of hydrogen-bond acceptors (Lipinski definition) is 6. The molecule has 0 fully saturated rings. The van der Waals surface area contributed by atoms with E-state index < -0.39 is 61.3 Å². The molecule has 0 radical (unpaired) electrons. The van der Waals surface area contributed by atoms with E-state index in [1.54, 1.807) is 0 Å². The second-order valence-electron chi connectivity index (χ2n) is 4.43. The molecule has 0 aliphatic rings. The molecular formula is C10H8F8N2O8. The number of alkyl halides is 8. The Morgan fingerprint density at radius 3 is 1.11 bits per heavy atom. The number of amides is 2. The lowest BCUT2D eigenvalue weighted by molar-refractivity contribution is -0.314. The third kappa shape index (κ3) is 5.71. The molecule has 28 heavy (non-hydrogen) atoms. The Morgan fingerprint density at radius 1 is 0.643 bits per heavy atom. The summed E-state index contributed by atoms with van der Waals surface area (Å²) < 4.78 is 107. The van der Waals surface area contributed by atoms with Crippen molar-refractivity contribution in [2.24, 2.45) is 0 Å². The van der Waals surface area contributed by atoms with Crippen molar-refractivity contribution in [3.05, 3.63) is 0 Å². The van der Waals surface area contributed by atoms with Crippen LogP contribution in [-0.4, -0.2) is 71.5 Å². The van der Waals surface area contributed by atoms with Crippen molar-refractivity contribution < 1.29 is 74.0 Å². The first-order valence-electron chi connectivity index (χ1n) is 6.30. The monoisotopic (exact) mass is 436 g/mol. The molecule has 0 saturated heterocycles. The van der Waals surface area contributed by atoms with Crippen molar-refractivity contribution in [2.45, 2.75) is 24.1 Å². The molecule has 162 valence electrons. The summed E-state index contributed by atoms with van der Waals surface area (Å²) in [5.41, 5.74) is 0. The van der Waals surface area contributed by atoms with Crippen molar-refractivity contribution in [3.8, 4) is 0 Å². The van der Waals surface area contributed by atoms with E-state index in [0.717, 1.165) is 0 Å². The fraction of sp³-hybridized carbons (Fsp3) is 0.600. The molecule has 0 spiro atoms. The summed E-state index contributed by atoms with van der Waals surface area (Å²) in [6.07, 6.45) is -16.2. The number of aliphatic carboxylic acids is 2. The van der Waals surface area contributed by atoms with Gasteiger partial charge in [-0.2, -0.15) is 35.1 Å². The topological polar surface area (TPSA) is 151 Å². The maximum atomic E-state index is 12.8. The van der Waals surface area contributed by atoms with Crippen LogP contribution in [0.25, 0.3) is 0 Å². The standard InChI is InChI=1S/C10H8F8N2O8/c11-7(12,3(21)22)9(15,16)27-5(25)19-1-2-20-6(26)28-10(17,18)8(13,14)4(23)24/h1-2H2,(H,19,25)(H,20,26)(H,21,22)(H,23,24). The molecule has 0 aromatic rings. The largest absolute Gasteiger partial charge is 0.479 e. The molecule has 0 rings (SSSR count). The predicted molar refractivity (Wildman–Crippen MR) is 64.0 cm³/mol. The minimum atomic E-state index is -5.80. The van der Waals surface area contributed by atoms with Crippen LogP contribution in [0.4, 0.5) is 44.7 Å².